The minimum absolute atomic E-state index is 0.197. The SMILES string of the molecule is CCN1CCC(N(C)C(=O)N[C@@H](CCSC)C(=O)O)CC1. The van der Waals surface area contributed by atoms with Crippen molar-refractivity contribution in [2.24, 2.45) is 0 Å². The first-order valence-electron chi connectivity index (χ1n) is 7.47. The number of carbonyl (C=O) groups excluding carboxylic acids is 1. The Kier molecular flexibility index (Phi) is 7.88. The number of carboxylic acid groups (broad SMARTS) is 1. The van der Waals surface area contributed by atoms with Crippen LogP contribution in [-0.4, -0.2) is 77.7 Å². The molecule has 0 unspecified atom stereocenters. The molecular formula is C14H27N3O3S. The fourth-order valence-electron chi connectivity index (χ4n) is 2.53. The number of aliphatic carboxylic acids is 1. The van der Waals surface area contributed by atoms with Crippen molar-refractivity contribution in [2.45, 2.75) is 38.3 Å². The number of urea groups is 1. The van der Waals surface area contributed by atoms with Crippen molar-refractivity contribution in [3.63, 3.8) is 0 Å². The predicted octanol–water partition coefficient (Wildman–Crippen LogP) is 1.32. The summed E-state index contributed by atoms with van der Waals surface area (Å²) in [4.78, 5) is 27.4. The first kappa shape index (κ1) is 18.1. The van der Waals surface area contributed by atoms with Gasteiger partial charge in [-0.2, -0.15) is 11.8 Å². The number of amides is 2. The highest BCUT2D eigenvalue weighted by molar-refractivity contribution is 7.98. The molecule has 1 aliphatic rings. The Labute approximate surface area is 131 Å². The van der Waals surface area contributed by atoms with Crippen molar-refractivity contribution in [3.05, 3.63) is 0 Å². The van der Waals surface area contributed by atoms with E-state index in [0.717, 1.165) is 38.2 Å². The number of nitrogens with zero attached hydrogens (tertiary/aromatic N) is 2. The standard InChI is InChI=1S/C14H27N3O3S/c1-4-17-8-5-11(6-9-17)16(2)14(20)15-12(13(18)19)7-10-21-3/h11-12H,4-10H2,1-3H3,(H,15,20)(H,18,19)/t12-/m0/s1. The summed E-state index contributed by atoms with van der Waals surface area (Å²) in [6.45, 7) is 5.17. The maximum atomic E-state index is 12.2. The van der Waals surface area contributed by atoms with Gasteiger partial charge in [-0.15, -0.1) is 0 Å². The number of likely N-dealkylation sites (tertiary alicyclic amines) is 1. The summed E-state index contributed by atoms with van der Waals surface area (Å²) >= 11 is 1.58. The van der Waals surface area contributed by atoms with E-state index in [9.17, 15) is 9.59 Å². The van der Waals surface area contributed by atoms with Crippen molar-refractivity contribution >= 4 is 23.8 Å². The van der Waals surface area contributed by atoms with Gasteiger partial charge in [-0.05, 0) is 37.8 Å². The Morgan fingerprint density at radius 3 is 2.52 bits per heavy atom. The number of thioether (sulfide) groups is 1. The zero-order chi connectivity index (χ0) is 15.8. The van der Waals surface area contributed by atoms with Crippen molar-refractivity contribution in [1.29, 1.82) is 0 Å². The number of nitrogens with one attached hydrogen (secondary N) is 1. The van der Waals surface area contributed by atoms with Crippen LogP contribution >= 0.6 is 11.8 Å². The first-order chi connectivity index (χ1) is 9.99. The molecule has 1 saturated heterocycles. The average molecular weight is 317 g/mol. The van der Waals surface area contributed by atoms with Gasteiger partial charge in [0.15, 0.2) is 0 Å². The van der Waals surface area contributed by atoms with E-state index < -0.39 is 12.0 Å². The molecule has 1 heterocycles. The minimum atomic E-state index is -0.966. The number of piperidine rings is 1. The third-order valence-corrected chi connectivity index (χ3v) is 4.72. The highest BCUT2D eigenvalue weighted by atomic mass is 32.2. The van der Waals surface area contributed by atoms with Crippen LogP contribution in [0.25, 0.3) is 0 Å². The summed E-state index contributed by atoms with van der Waals surface area (Å²) < 4.78 is 0. The third-order valence-electron chi connectivity index (χ3n) is 4.08. The molecule has 1 fully saturated rings. The molecule has 2 N–H and O–H groups in total. The van der Waals surface area contributed by atoms with Crippen molar-refractivity contribution in [1.82, 2.24) is 15.1 Å². The fourth-order valence-corrected chi connectivity index (χ4v) is 3.00. The molecule has 0 spiro atoms. The highest BCUT2D eigenvalue weighted by Crippen LogP contribution is 2.15. The molecule has 122 valence electrons. The molecule has 1 rings (SSSR count). The van der Waals surface area contributed by atoms with Crippen molar-refractivity contribution in [2.75, 3.05) is 38.7 Å². The van der Waals surface area contributed by atoms with Gasteiger partial charge < -0.3 is 20.2 Å². The van der Waals surface area contributed by atoms with Crippen LogP contribution in [0.5, 0.6) is 0 Å². The lowest BCUT2D eigenvalue weighted by atomic mass is 10.0. The summed E-state index contributed by atoms with van der Waals surface area (Å²) in [5.41, 5.74) is 0. The summed E-state index contributed by atoms with van der Waals surface area (Å²) in [6, 6.07) is -0.885. The molecule has 0 radical (unpaired) electrons. The van der Waals surface area contributed by atoms with E-state index in [1.165, 1.54) is 0 Å². The molecular weight excluding hydrogens is 290 g/mol. The van der Waals surface area contributed by atoms with Crippen molar-refractivity contribution in [3.8, 4) is 0 Å². The largest absolute Gasteiger partial charge is 0.480 e. The predicted molar refractivity (Wildman–Crippen MR) is 85.9 cm³/mol. The number of rotatable bonds is 7. The van der Waals surface area contributed by atoms with Gasteiger partial charge in [0.2, 0.25) is 0 Å². The topological polar surface area (TPSA) is 72.9 Å². The van der Waals surface area contributed by atoms with Crippen LogP contribution in [0.3, 0.4) is 0 Å². The summed E-state index contributed by atoms with van der Waals surface area (Å²) in [6.07, 6.45) is 4.26. The van der Waals surface area contributed by atoms with Gasteiger partial charge >= 0.3 is 12.0 Å². The van der Waals surface area contributed by atoms with Crippen LogP contribution in [0, 0.1) is 0 Å². The molecule has 0 saturated carbocycles. The Bertz CT molecular complexity index is 346. The Hall–Kier alpha value is -0.950. The lowest BCUT2D eigenvalue weighted by Crippen LogP contribution is -2.52. The summed E-state index contributed by atoms with van der Waals surface area (Å²) in [5.74, 6) is -0.248. The number of carbonyl (C=O) groups is 2. The molecule has 0 bridgehead atoms. The monoisotopic (exact) mass is 317 g/mol. The average Bonchev–Trinajstić information content (AvgIpc) is 2.50. The van der Waals surface area contributed by atoms with Gasteiger partial charge in [-0.1, -0.05) is 6.92 Å². The Morgan fingerprint density at radius 1 is 1.43 bits per heavy atom. The maximum Gasteiger partial charge on any atom is 0.326 e. The lowest BCUT2D eigenvalue weighted by Gasteiger charge is -2.36. The van der Waals surface area contributed by atoms with Crippen molar-refractivity contribution < 1.29 is 14.7 Å². The van der Waals surface area contributed by atoms with Gasteiger partial charge in [0.1, 0.15) is 6.04 Å². The second kappa shape index (κ2) is 9.15. The van der Waals surface area contributed by atoms with Crippen LogP contribution in [-0.2, 0) is 4.79 Å². The maximum absolute atomic E-state index is 12.2. The lowest BCUT2D eigenvalue weighted by molar-refractivity contribution is -0.139. The molecule has 21 heavy (non-hydrogen) atoms. The minimum Gasteiger partial charge on any atom is -0.480 e. The summed E-state index contributed by atoms with van der Waals surface area (Å²) in [5, 5.41) is 11.8. The van der Waals surface area contributed by atoms with E-state index in [0.29, 0.717) is 6.42 Å². The second-order valence-electron chi connectivity index (χ2n) is 5.40. The number of carboxylic acids is 1. The molecule has 6 nitrogen and oxygen atoms in total. The van der Waals surface area contributed by atoms with E-state index in [1.807, 2.05) is 6.26 Å². The number of hydrogen-bond acceptors (Lipinski definition) is 4. The van der Waals surface area contributed by atoms with Crippen LogP contribution < -0.4 is 5.32 Å². The van der Waals surface area contributed by atoms with E-state index in [4.69, 9.17) is 5.11 Å². The normalized spacial score (nSPS) is 18.2. The van der Waals surface area contributed by atoms with Crippen LogP contribution in [0.1, 0.15) is 26.2 Å². The Balaban J connectivity index is 2.47. The second-order valence-corrected chi connectivity index (χ2v) is 6.38. The number of hydrogen-bond donors (Lipinski definition) is 2. The Morgan fingerprint density at radius 2 is 2.05 bits per heavy atom. The van der Waals surface area contributed by atoms with E-state index in [1.54, 1.807) is 23.7 Å². The van der Waals surface area contributed by atoms with E-state index in [2.05, 4.69) is 17.1 Å². The summed E-state index contributed by atoms with van der Waals surface area (Å²) in [7, 11) is 1.76. The molecule has 2 amide bonds. The van der Waals surface area contributed by atoms with Gasteiger partial charge in [-0.25, -0.2) is 9.59 Å². The molecule has 0 aliphatic carbocycles. The fraction of sp³-hybridized carbons (Fsp3) is 0.857. The molecule has 0 aromatic rings. The van der Waals surface area contributed by atoms with Crippen LogP contribution in [0.4, 0.5) is 4.79 Å². The van der Waals surface area contributed by atoms with E-state index in [-0.39, 0.29) is 12.1 Å². The van der Waals surface area contributed by atoms with Crippen LogP contribution in [0.2, 0.25) is 0 Å². The van der Waals surface area contributed by atoms with Crippen LogP contribution in [0.15, 0.2) is 0 Å². The molecule has 7 heteroatoms. The molecule has 0 aromatic heterocycles. The van der Waals surface area contributed by atoms with Gasteiger partial charge in [0.05, 0.1) is 0 Å². The highest BCUT2D eigenvalue weighted by Gasteiger charge is 2.27. The van der Waals surface area contributed by atoms with Gasteiger partial charge in [0, 0.05) is 26.2 Å². The third kappa shape index (κ3) is 5.74. The first-order valence-corrected chi connectivity index (χ1v) is 8.86. The quantitative estimate of drug-likeness (QED) is 0.741. The zero-order valence-corrected chi connectivity index (χ0v) is 14.0. The van der Waals surface area contributed by atoms with Gasteiger partial charge in [-0.3, -0.25) is 0 Å². The molecule has 1 aliphatic heterocycles. The van der Waals surface area contributed by atoms with Gasteiger partial charge in [0.25, 0.3) is 0 Å². The smallest absolute Gasteiger partial charge is 0.326 e. The van der Waals surface area contributed by atoms with E-state index >= 15 is 0 Å². The zero-order valence-electron chi connectivity index (χ0n) is 13.2. The molecule has 0 aromatic carbocycles. The molecule has 1 atom stereocenters.